The molecule has 2 aliphatic rings. The maximum atomic E-state index is 11.2. The number of carboxylic acid groups (broad SMARTS) is 3. The van der Waals surface area contributed by atoms with Gasteiger partial charge in [0.1, 0.15) is 5.75 Å². The fourth-order valence-electron chi connectivity index (χ4n) is 5.65. The molecule has 2 aromatic rings. The molecule has 2 heterocycles. The third kappa shape index (κ3) is 9.52. The van der Waals surface area contributed by atoms with Gasteiger partial charge in [-0.05, 0) is 56.3 Å². The summed E-state index contributed by atoms with van der Waals surface area (Å²) in [5.41, 5.74) is -1.14. The summed E-state index contributed by atoms with van der Waals surface area (Å²) in [5, 5.41) is 45.1. The number of methoxy groups -OCH3 is 1. The Kier molecular flexibility index (Phi) is 11.9. The van der Waals surface area contributed by atoms with Crippen molar-refractivity contribution in [3.63, 3.8) is 0 Å². The summed E-state index contributed by atoms with van der Waals surface area (Å²) in [6.07, 6.45) is 1.82. The van der Waals surface area contributed by atoms with Crippen molar-refractivity contribution in [2.75, 3.05) is 39.8 Å². The van der Waals surface area contributed by atoms with Gasteiger partial charge in [-0.3, -0.25) is 14.5 Å². The van der Waals surface area contributed by atoms with Gasteiger partial charge in [0.2, 0.25) is 0 Å². The zero-order valence-electron chi connectivity index (χ0n) is 24.0. The first-order valence-electron chi connectivity index (χ1n) is 14.2. The second-order valence-electron chi connectivity index (χ2n) is 11.2. The SMILES string of the molecule is COc1ccccc1C1(O)CCN(CC2CCN(Cc3ccccc3)CC2)CC1.O=C(O)CC(O)(CC(=O)O)C(=O)O. The molecule has 0 amide bonds. The number of para-hydroxylation sites is 1. The predicted molar refractivity (Wildman–Crippen MR) is 154 cm³/mol. The lowest BCUT2D eigenvalue weighted by Crippen LogP contribution is -2.45. The van der Waals surface area contributed by atoms with E-state index in [0.717, 1.165) is 49.7 Å². The Morgan fingerprint density at radius 2 is 1.40 bits per heavy atom. The van der Waals surface area contributed by atoms with E-state index in [2.05, 4.69) is 40.1 Å². The number of piperidine rings is 2. The Morgan fingerprint density at radius 3 is 1.93 bits per heavy atom. The van der Waals surface area contributed by atoms with E-state index in [0.29, 0.717) is 0 Å². The first-order chi connectivity index (χ1) is 19.9. The second-order valence-corrected chi connectivity index (χ2v) is 11.2. The van der Waals surface area contributed by atoms with Crippen molar-refractivity contribution >= 4 is 17.9 Å². The van der Waals surface area contributed by atoms with Crippen molar-refractivity contribution in [2.45, 2.75) is 56.3 Å². The topological polar surface area (TPSA) is 168 Å². The summed E-state index contributed by atoms with van der Waals surface area (Å²) in [4.78, 5) is 35.6. The molecule has 0 spiro atoms. The summed E-state index contributed by atoms with van der Waals surface area (Å²) >= 11 is 0. The maximum absolute atomic E-state index is 11.2. The molecule has 5 N–H and O–H groups in total. The molecule has 42 heavy (non-hydrogen) atoms. The Bertz CT molecular complexity index is 1160. The highest BCUT2D eigenvalue weighted by Gasteiger charge is 2.41. The minimum Gasteiger partial charge on any atom is -0.496 e. The number of ether oxygens (including phenoxy) is 1. The van der Waals surface area contributed by atoms with E-state index >= 15 is 0 Å². The van der Waals surface area contributed by atoms with Crippen LogP contribution in [0.2, 0.25) is 0 Å². The number of carbonyl (C=O) groups is 3. The number of rotatable bonds is 11. The molecule has 2 fully saturated rings. The second kappa shape index (κ2) is 15.1. The van der Waals surface area contributed by atoms with Crippen molar-refractivity contribution < 1.29 is 44.7 Å². The number of aliphatic hydroxyl groups is 2. The number of likely N-dealkylation sites (tertiary alicyclic amines) is 2. The van der Waals surface area contributed by atoms with Crippen molar-refractivity contribution in [1.29, 1.82) is 0 Å². The van der Waals surface area contributed by atoms with Gasteiger partial charge < -0.3 is 35.2 Å². The highest BCUT2D eigenvalue weighted by molar-refractivity contribution is 5.88. The van der Waals surface area contributed by atoms with Gasteiger partial charge in [-0.2, -0.15) is 0 Å². The van der Waals surface area contributed by atoms with Crippen LogP contribution < -0.4 is 4.74 Å². The zero-order valence-corrected chi connectivity index (χ0v) is 24.0. The molecule has 4 rings (SSSR count). The number of benzene rings is 2. The van der Waals surface area contributed by atoms with Gasteiger partial charge in [-0.25, -0.2) is 4.79 Å². The molecule has 2 aliphatic heterocycles. The van der Waals surface area contributed by atoms with Crippen molar-refractivity contribution in [2.24, 2.45) is 5.92 Å². The molecule has 11 nitrogen and oxygen atoms in total. The van der Waals surface area contributed by atoms with E-state index in [1.165, 1.54) is 38.0 Å². The van der Waals surface area contributed by atoms with E-state index in [1.54, 1.807) is 7.11 Å². The van der Waals surface area contributed by atoms with E-state index in [4.69, 9.17) is 25.2 Å². The van der Waals surface area contributed by atoms with Gasteiger partial charge in [0, 0.05) is 31.7 Å². The molecule has 2 saturated heterocycles. The summed E-state index contributed by atoms with van der Waals surface area (Å²) < 4.78 is 5.49. The lowest BCUT2D eigenvalue weighted by atomic mass is 9.83. The summed E-state index contributed by atoms with van der Waals surface area (Å²) in [7, 11) is 1.68. The van der Waals surface area contributed by atoms with Crippen LogP contribution in [-0.2, 0) is 26.5 Å². The number of aliphatic carboxylic acids is 3. The van der Waals surface area contributed by atoms with Crippen LogP contribution in [0.3, 0.4) is 0 Å². The van der Waals surface area contributed by atoms with Crippen LogP contribution in [0.5, 0.6) is 5.75 Å². The lowest BCUT2D eigenvalue weighted by Gasteiger charge is -2.41. The van der Waals surface area contributed by atoms with Gasteiger partial charge in [-0.1, -0.05) is 48.5 Å². The van der Waals surface area contributed by atoms with Crippen molar-refractivity contribution in [3.8, 4) is 5.75 Å². The summed E-state index contributed by atoms with van der Waals surface area (Å²) in [6, 6.07) is 18.7. The molecule has 0 unspecified atom stereocenters. The van der Waals surface area contributed by atoms with Crippen LogP contribution in [0, 0.1) is 5.92 Å². The van der Waals surface area contributed by atoms with Crippen LogP contribution in [0.25, 0.3) is 0 Å². The monoisotopic (exact) mass is 586 g/mol. The highest BCUT2D eigenvalue weighted by Crippen LogP contribution is 2.38. The van der Waals surface area contributed by atoms with Crippen LogP contribution in [0.15, 0.2) is 54.6 Å². The van der Waals surface area contributed by atoms with Gasteiger partial charge >= 0.3 is 17.9 Å². The quantitative estimate of drug-likeness (QED) is 0.262. The highest BCUT2D eigenvalue weighted by atomic mass is 16.5. The largest absolute Gasteiger partial charge is 0.496 e. The molecule has 0 saturated carbocycles. The molecular weight excluding hydrogens is 544 g/mol. The molecular formula is C31H42N2O9. The molecule has 2 aromatic carbocycles. The summed E-state index contributed by atoms with van der Waals surface area (Å²) in [5.74, 6) is -3.44. The smallest absolute Gasteiger partial charge is 0.336 e. The predicted octanol–water partition coefficient (Wildman–Crippen LogP) is 2.64. The molecule has 0 aromatic heterocycles. The van der Waals surface area contributed by atoms with Crippen molar-refractivity contribution in [1.82, 2.24) is 9.80 Å². The van der Waals surface area contributed by atoms with E-state index in [9.17, 15) is 19.5 Å². The maximum Gasteiger partial charge on any atom is 0.336 e. The van der Waals surface area contributed by atoms with E-state index in [1.807, 2.05) is 24.3 Å². The Balaban J connectivity index is 0.000000316. The number of carboxylic acids is 3. The zero-order chi connectivity index (χ0) is 30.8. The third-order valence-corrected chi connectivity index (χ3v) is 8.05. The van der Waals surface area contributed by atoms with E-state index in [-0.39, 0.29) is 0 Å². The third-order valence-electron chi connectivity index (χ3n) is 8.05. The van der Waals surface area contributed by atoms with Gasteiger partial charge in [0.25, 0.3) is 0 Å². The van der Waals surface area contributed by atoms with Crippen LogP contribution >= 0.6 is 0 Å². The first-order valence-corrected chi connectivity index (χ1v) is 14.2. The average Bonchev–Trinajstić information content (AvgIpc) is 2.95. The number of nitrogens with zero attached hydrogens (tertiary/aromatic N) is 2. The minimum atomic E-state index is -2.74. The van der Waals surface area contributed by atoms with Crippen molar-refractivity contribution in [3.05, 3.63) is 65.7 Å². The number of hydrogen-bond donors (Lipinski definition) is 5. The molecule has 0 bridgehead atoms. The normalized spacial score (nSPS) is 18.0. The van der Waals surface area contributed by atoms with Crippen LogP contribution in [0.4, 0.5) is 0 Å². The van der Waals surface area contributed by atoms with Crippen LogP contribution in [-0.4, -0.2) is 98.7 Å². The van der Waals surface area contributed by atoms with Gasteiger partial charge in [0.05, 0.1) is 25.6 Å². The fourth-order valence-corrected chi connectivity index (χ4v) is 5.65. The Hall–Kier alpha value is -3.51. The standard InChI is InChI=1S/C25H34N2O2.C6H8O7/c1-29-24-10-6-5-9-23(24)25(28)13-17-27(18-14-25)20-22-11-15-26(16-12-22)19-21-7-3-2-4-8-21;7-3(8)1-6(13,5(11)12)2-4(9)10/h2-10,22,28H,11-20H2,1H3;13H,1-2H2,(H,7,8)(H,9,10)(H,11,12). The minimum absolute atomic E-state index is 0.762. The van der Waals surface area contributed by atoms with E-state index < -0.39 is 42.0 Å². The molecule has 230 valence electrons. The fraction of sp³-hybridized carbons (Fsp3) is 0.516. The lowest BCUT2D eigenvalue weighted by molar-refractivity contribution is -0.170. The van der Waals surface area contributed by atoms with Crippen LogP contribution in [0.1, 0.15) is 49.7 Å². The van der Waals surface area contributed by atoms with Gasteiger partial charge in [-0.15, -0.1) is 0 Å². The average molecular weight is 587 g/mol. The van der Waals surface area contributed by atoms with Gasteiger partial charge in [0.15, 0.2) is 5.60 Å². The molecule has 11 heteroatoms. The Labute approximate surface area is 246 Å². The molecule has 0 atom stereocenters. The summed E-state index contributed by atoms with van der Waals surface area (Å²) in [6.45, 7) is 6.54. The molecule has 0 radical (unpaired) electrons. The first kappa shape index (κ1) is 33.0. The molecule has 0 aliphatic carbocycles. The number of hydrogen-bond acceptors (Lipinski definition) is 8. The Morgan fingerprint density at radius 1 is 0.857 bits per heavy atom.